The van der Waals surface area contributed by atoms with Crippen LogP contribution in [0.1, 0.15) is 6.42 Å². The van der Waals surface area contributed by atoms with Crippen molar-refractivity contribution in [3.05, 3.63) is 12.7 Å². The van der Waals surface area contributed by atoms with Gasteiger partial charge in [0.15, 0.2) is 0 Å². The maximum absolute atomic E-state index is 11.1. The van der Waals surface area contributed by atoms with Gasteiger partial charge in [-0.15, -0.1) is 0 Å². The minimum absolute atomic E-state index is 0.0349. The fourth-order valence-corrected chi connectivity index (χ4v) is 0.829. The smallest absolute Gasteiger partial charge is 0.408 e. The van der Waals surface area contributed by atoms with Gasteiger partial charge in [-0.3, -0.25) is 4.79 Å². The molecule has 16 heavy (non-hydrogen) atoms. The number of carboxylic acid groups (broad SMARTS) is 1. The Morgan fingerprint density at radius 2 is 2.12 bits per heavy atom. The van der Waals surface area contributed by atoms with Crippen molar-refractivity contribution >= 4 is 18.0 Å². The lowest BCUT2D eigenvalue weighted by molar-refractivity contribution is -0.148. The van der Waals surface area contributed by atoms with Gasteiger partial charge < -0.3 is 19.9 Å². The highest BCUT2D eigenvalue weighted by atomic mass is 16.6. The van der Waals surface area contributed by atoms with E-state index in [2.05, 4.69) is 21.4 Å². The van der Waals surface area contributed by atoms with E-state index >= 15 is 0 Å². The van der Waals surface area contributed by atoms with E-state index in [0.717, 1.165) is 7.11 Å². The lowest BCUT2D eigenvalue weighted by atomic mass is 10.2. The van der Waals surface area contributed by atoms with Crippen molar-refractivity contribution in [1.82, 2.24) is 5.32 Å². The van der Waals surface area contributed by atoms with Crippen molar-refractivity contribution in [2.24, 2.45) is 0 Å². The van der Waals surface area contributed by atoms with Crippen molar-refractivity contribution in [2.75, 3.05) is 13.7 Å². The monoisotopic (exact) mass is 231 g/mol. The molecule has 0 saturated heterocycles. The molecule has 0 aromatic rings. The number of aliphatic carboxylic acids is 1. The third-order valence-electron chi connectivity index (χ3n) is 1.49. The van der Waals surface area contributed by atoms with E-state index in [-0.39, 0.29) is 6.61 Å². The van der Waals surface area contributed by atoms with Crippen molar-refractivity contribution in [2.45, 2.75) is 12.5 Å². The average molecular weight is 231 g/mol. The molecule has 0 unspecified atom stereocenters. The Bertz CT molecular complexity index is 288. The number of carbonyl (C=O) groups is 3. The number of rotatable bonds is 6. The van der Waals surface area contributed by atoms with Gasteiger partial charge in [0.05, 0.1) is 13.5 Å². The number of esters is 1. The van der Waals surface area contributed by atoms with Gasteiger partial charge in [0.25, 0.3) is 0 Å². The molecule has 0 saturated carbocycles. The first-order valence-corrected chi connectivity index (χ1v) is 4.35. The lowest BCUT2D eigenvalue weighted by Crippen LogP contribution is -2.43. The van der Waals surface area contributed by atoms with E-state index in [1.165, 1.54) is 6.08 Å². The minimum atomic E-state index is -1.26. The summed E-state index contributed by atoms with van der Waals surface area (Å²) in [5, 5.41) is 10.6. The van der Waals surface area contributed by atoms with Crippen LogP contribution in [0.4, 0.5) is 4.79 Å². The predicted molar refractivity (Wildman–Crippen MR) is 52.7 cm³/mol. The third-order valence-corrected chi connectivity index (χ3v) is 1.49. The molecule has 0 bridgehead atoms. The van der Waals surface area contributed by atoms with Crippen LogP contribution >= 0.6 is 0 Å². The summed E-state index contributed by atoms with van der Waals surface area (Å²) in [6.07, 6.45) is -0.142. The van der Waals surface area contributed by atoms with Crippen LogP contribution in [-0.2, 0) is 19.1 Å². The number of nitrogens with one attached hydrogen (secondary N) is 1. The average Bonchev–Trinajstić information content (AvgIpc) is 2.23. The number of ether oxygens (including phenoxy) is 2. The fraction of sp³-hybridized carbons (Fsp3) is 0.444. The van der Waals surface area contributed by atoms with E-state index in [1.807, 2.05) is 0 Å². The second kappa shape index (κ2) is 7.27. The molecule has 1 amide bonds. The molecule has 0 aliphatic rings. The third kappa shape index (κ3) is 5.63. The Balaban J connectivity index is 4.30. The fourth-order valence-electron chi connectivity index (χ4n) is 0.829. The Morgan fingerprint density at radius 3 is 2.56 bits per heavy atom. The number of carboxylic acids is 1. The summed E-state index contributed by atoms with van der Waals surface area (Å²) < 4.78 is 8.85. The molecule has 0 radical (unpaired) electrons. The quantitative estimate of drug-likeness (QED) is 0.489. The van der Waals surface area contributed by atoms with Crippen LogP contribution < -0.4 is 5.32 Å². The van der Waals surface area contributed by atoms with Crippen LogP contribution in [0.2, 0.25) is 0 Å². The zero-order chi connectivity index (χ0) is 12.6. The van der Waals surface area contributed by atoms with Gasteiger partial charge in [-0.1, -0.05) is 12.7 Å². The summed E-state index contributed by atoms with van der Waals surface area (Å²) in [6, 6.07) is -1.26. The van der Waals surface area contributed by atoms with Gasteiger partial charge in [0, 0.05) is 0 Å². The molecule has 2 N–H and O–H groups in total. The number of alkyl carbamates (subject to hydrolysis) is 1. The van der Waals surface area contributed by atoms with Crippen LogP contribution in [0.3, 0.4) is 0 Å². The molecular formula is C9H13NO6. The molecule has 0 spiro atoms. The summed E-state index contributed by atoms with van der Waals surface area (Å²) in [5.41, 5.74) is 0. The van der Waals surface area contributed by atoms with Crippen LogP contribution in [0.25, 0.3) is 0 Å². The van der Waals surface area contributed by atoms with Gasteiger partial charge in [-0.05, 0) is 0 Å². The van der Waals surface area contributed by atoms with Crippen molar-refractivity contribution in [1.29, 1.82) is 0 Å². The molecule has 0 rings (SSSR count). The molecular weight excluding hydrogens is 218 g/mol. The van der Waals surface area contributed by atoms with Crippen LogP contribution in [0.15, 0.2) is 12.7 Å². The van der Waals surface area contributed by atoms with Crippen LogP contribution in [0.5, 0.6) is 0 Å². The molecule has 0 aliphatic heterocycles. The molecule has 0 heterocycles. The van der Waals surface area contributed by atoms with Crippen LogP contribution in [0, 0.1) is 0 Å². The highest BCUT2D eigenvalue weighted by Crippen LogP contribution is 1.96. The van der Waals surface area contributed by atoms with Gasteiger partial charge in [-0.2, -0.15) is 0 Å². The Morgan fingerprint density at radius 1 is 1.50 bits per heavy atom. The van der Waals surface area contributed by atoms with Gasteiger partial charge >= 0.3 is 18.0 Å². The minimum Gasteiger partial charge on any atom is -0.481 e. The van der Waals surface area contributed by atoms with E-state index in [1.54, 1.807) is 0 Å². The van der Waals surface area contributed by atoms with Crippen molar-refractivity contribution in [3.63, 3.8) is 0 Å². The second-order valence-corrected chi connectivity index (χ2v) is 2.71. The Hall–Kier alpha value is -2.05. The summed E-state index contributed by atoms with van der Waals surface area (Å²) in [7, 11) is 1.09. The zero-order valence-electron chi connectivity index (χ0n) is 8.76. The molecule has 0 aliphatic carbocycles. The van der Waals surface area contributed by atoms with Gasteiger partial charge in [0.2, 0.25) is 0 Å². The van der Waals surface area contributed by atoms with Crippen molar-refractivity contribution < 1.29 is 29.0 Å². The van der Waals surface area contributed by atoms with E-state index in [9.17, 15) is 14.4 Å². The Kier molecular flexibility index (Phi) is 6.34. The van der Waals surface area contributed by atoms with E-state index in [4.69, 9.17) is 5.11 Å². The number of hydrogen-bond acceptors (Lipinski definition) is 5. The maximum atomic E-state index is 11.1. The molecule has 90 valence electrons. The van der Waals surface area contributed by atoms with Gasteiger partial charge in [0.1, 0.15) is 12.6 Å². The molecule has 7 heteroatoms. The molecule has 1 atom stereocenters. The first kappa shape index (κ1) is 13.9. The number of hydrogen-bond donors (Lipinski definition) is 2. The zero-order valence-corrected chi connectivity index (χ0v) is 8.76. The normalized spacial score (nSPS) is 11.1. The van der Waals surface area contributed by atoms with E-state index < -0.39 is 30.5 Å². The predicted octanol–water partition coefficient (Wildman–Crippen LogP) is -0.0851. The first-order chi connectivity index (χ1) is 7.51. The molecule has 0 fully saturated rings. The topological polar surface area (TPSA) is 102 Å². The second-order valence-electron chi connectivity index (χ2n) is 2.71. The molecule has 0 aromatic heterocycles. The van der Waals surface area contributed by atoms with Gasteiger partial charge in [-0.25, -0.2) is 9.59 Å². The van der Waals surface area contributed by atoms with Crippen LogP contribution in [-0.4, -0.2) is 42.9 Å². The summed E-state index contributed by atoms with van der Waals surface area (Å²) >= 11 is 0. The number of amides is 1. The number of carbonyl (C=O) groups excluding carboxylic acids is 2. The maximum Gasteiger partial charge on any atom is 0.408 e. The Labute approximate surface area is 92.0 Å². The molecule has 7 nitrogen and oxygen atoms in total. The number of methoxy groups -OCH3 is 1. The summed E-state index contributed by atoms with van der Waals surface area (Å²) in [6.45, 7) is 3.29. The lowest BCUT2D eigenvalue weighted by Gasteiger charge is -2.13. The van der Waals surface area contributed by atoms with E-state index in [0.29, 0.717) is 0 Å². The SMILES string of the molecule is C=CCOC(=O)N[C@@H](CC(=O)O)C(=O)OC. The largest absolute Gasteiger partial charge is 0.481 e. The van der Waals surface area contributed by atoms with Crippen molar-refractivity contribution in [3.8, 4) is 0 Å². The highest BCUT2D eigenvalue weighted by molar-refractivity contribution is 5.85. The standard InChI is InChI=1S/C9H13NO6/c1-3-4-16-9(14)10-6(5-7(11)12)8(13)15-2/h3,6H,1,4-5H2,2H3,(H,10,14)(H,11,12)/t6-/m0/s1. The highest BCUT2D eigenvalue weighted by Gasteiger charge is 2.24. The summed E-state index contributed by atoms with van der Waals surface area (Å²) in [5.74, 6) is -2.09. The molecule has 0 aromatic carbocycles. The first-order valence-electron chi connectivity index (χ1n) is 4.35. The summed E-state index contributed by atoms with van der Waals surface area (Å²) in [4.78, 5) is 32.5.